The summed E-state index contributed by atoms with van der Waals surface area (Å²) in [6.07, 6.45) is -1.23. The van der Waals surface area contributed by atoms with E-state index < -0.39 is 18.2 Å². The predicted molar refractivity (Wildman–Crippen MR) is 30.7 cm³/mol. The van der Waals surface area contributed by atoms with E-state index in [0.29, 0.717) is 0 Å². The average Bonchev–Trinajstić information content (AvgIpc) is 1.98. The van der Waals surface area contributed by atoms with Crippen molar-refractivity contribution in [2.24, 2.45) is 0 Å². The maximum atomic E-state index is 10.5. The van der Waals surface area contributed by atoms with E-state index in [1.165, 1.54) is 0 Å². The highest BCUT2D eigenvalue weighted by Gasteiger charge is 2.33. The number of aliphatic hydroxyl groups is 1. The molecular weight excluding hydrogens is 120 g/mol. The van der Waals surface area contributed by atoms with Crippen LogP contribution in [0.1, 0.15) is 6.92 Å². The van der Waals surface area contributed by atoms with Gasteiger partial charge in [-0.05, 0) is 6.92 Å². The van der Waals surface area contributed by atoms with E-state index in [9.17, 15) is 4.79 Å². The lowest BCUT2D eigenvalue weighted by molar-refractivity contribution is -0.138. The summed E-state index contributed by atoms with van der Waals surface area (Å²) in [6, 6.07) is 0. The molecule has 1 heterocycles. The number of cyclic esters (lactones) is 1. The molecule has 0 saturated carbocycles. The maximum Gasteiger partial charge on any atom is 0.336 e. The van der Waals surface area contributed by atoms with Crippen LogP contribution in [0.3, 0.4) is 0 Å². The summed E-state index contributed by atoms with van der Waals surface area (Å²) >= 11 is 0. The SMILES string of the molecule is C=C1C(=O)OC(C)C1O. The molecule has 0 bridgehead atoms. The zero-order chi connectivity index (χ0) is 7.02. The second-order valence-electron chi connectivity index (χ2n) is 2.08. The van der Waals surface area contributed by atoms with Crippen molar-refractivity contribution in [2.75, 3.05) is 0 Å². The highest BCUT2D eigenvalue weighted by Crippen LogP contribution is 2.18. The van der Waals surface area contributed by atoms with Crippen LogP contribution in [0.4, 0.5) is 0 Å². The first-order valence-corrected chi connectivity index (χ1v) is 2.71. The summed E-state index contributed by atoms with van der Waals surface area (Å²) in [6.45, 7) is 4.97. The lowest BCUT2D eigenvalue weighted by Gasteiger charge is -2.03. The van der Waals surface area contributed by atoms with Gasteiger partial charge in [0.15, 0.2) is 0 Å². The minimum absolute atomic E-state index is 0.155. The Morgan fingerprint density at radius 1 is 1.78 bits per heavy atom. The largest absolute Gasteiger partial charge is 0.456 e. The van der Waals surface area contributed by atoms with Crippen LogP contribution >= 0.6 is 0 Å². The number of hydrogen-bond acceptors (Lipinski definition) is 3. The third-order valence-electron chi connectivity index (χ3n) is 1.36. The number of carbonyl (C=O) groups is 1. The summed E-state index contributed by atoms with van der Waals surface area (Å²) in [5, 5.41) is 8.99. The Hall–Kier alpha value is -0.830. The molecule has 0 aliphatic carbocycles. The molecule has 0 amide bonds. The van der Waals surface area contributed by atoms with Crippen molar-refractivity contribution >= 4 is 5.97 Å². The highest BCUT2D eigenvalue weighted by atomic mass is 16.6. The van der Waals surface area contributed by atoms with Gasteiger partial charge >= 0.3 is 5.97 Å². The minimum atomic E-state index is -0.808. The summed E-state index contributed by atoms with van der Waals surface area (Å²) < 4.78 is 4.60. The zero-order valence-corrected chi connectivity index (χ0v) is 5.13. The molecule has 50 valence electrons. The van der Waals surface area contributed by atoms with Crippen LogP contribution in [0.5, 0.6) is 0 Å². The fourth-order valence-electron chi connectivity index (χ4n) is 0.713. The van der Waals surface area contributed by atoms with Gasteiger partial charge in [-0.3, -0.25) is 0 Å². The minimum Gasteiger partial charge on any atom is -0.456 e. The second-order valence-corrected chi connectivity index (χ2v) is 2.08. The lowest BCUT2D eigenvalue weighted by atomic mass is 10.1. The fraction of sp³-hybridized carbons (Fsp3) is 0.500. The van der Waals surface area contributed by atoms with E-state index >= 15 is 0 Å². The number of esters is 1. The van der Waals surface area contributed by atoms with Crippen LogP contribution in [0.2, 0.25) is 0 Å². The van der Waals surface area contributed by atoms with Crippen LogP contribution in [0.25, 0.3) is 0 Å². The van der Waals surface area contributed by atoms with Crippen molar-refractivity contribution in [3.63, 3.8) is 0 Å². The first kappa shape index (κ1) is 6.29. The molecular formula is C6H8O3. The molecule has 1 N–H and O–H groups in total. The normalized spacial score (nSPS) is 34.9. The molecule has 2 atom stereocenters. The van der Waals surface area contributed by atoms with Gasteiger partial charge < -0.3 is 9.84 Å². The van der Waals surface area contributed by atoms with E-state index in [1.54, 1.807) is 6.92 Å². The molecule has 9 heavy (non-hydrogen) atoms. The number of hydrogen-bond donors (Lipinski definition) is 1. The van der Waals surface area contributed by atoms with Gasteiger partial charge in [0.1, 0.15) is 12.2 Å². The van der Waals surface area contributed by atoms with Gasteiger partial charge in [-0.15, -0.1) is 0 Å². The standard InChI is InChI=1S/C6H8O3/c1-3-5(7)4(2)9-6(3)8/h4-5,7H,1H2,2H3. The Morgan fingerprint density at radius 2 is 2.33 bits per heavy atom. The number of aliphatic hydroxyl groups excluding tert-OH is 1. The monoisotopic (exact) mass is 128 g/mol. The maximum absolute atomic E-state index is 10.5. The first-order chi connectivity index (χ1) is 4.13. The molecule has 0 aromatic heterocycles. The Kier molecular flexibility index (Phi) is 1.29. The van der Waals surface area contributed by atoms with Gasteiger partial charge in [-0.25, -0.2) is 4.79 Å². The molecule has 1 saturated heterocycles. The molecule has 1 aliphatic heterocycles. The summed E-state index contributed by atoms with van der Waals surface area (Å²) in [4.78, 5) is 10.5. The smallest absolute Gasteiger partial charge is 0.336 e. The second kappa shape index (κ2) is 1.84. The first-order valence-electron chi connectivity index (χ1n) is 2.71. The van der Waals surface area contributed by atoms with Gasteiger partial charge in [-0.2, -0.15) is 0 Å². The van der Waals surface area contributed by atoms with Crippen molar-refractivity contribution in [3.8, 4) is 0 Å². The molecule has 2 unspecified atom stereocenters. The molecule has 0 spiro atoms. The third kappa shape index (κ3) is 0.833. The molecule has 3 heteroatoms. The highest BCUT2D eigenvalue weighted by molar-refractivity contribution is 5.91. The van der Waals surface area contributed by atoms with Crippen LogP contribution < -0.4 is 0 Å². The fourth-order valence-corrected chi connectivity index (χ4v) is 0.713. The Balaban J connectivity index is 2.77. The summed E-state index contributed by atoms with van der Waals surface area (Å²) in [5.74, 6) is -0.491. The molecule has 3 nitrogen and oxygen atoms in total. The van der Waals surface area contributed by atoms with Crippen LogP contribution in [0, 0.1) is 0 Å². The molecule has 0 aromatic rings. The van der Waals surface area contributed by atoms with E-state index in [0.717, 1.165) is 0 Å². The molecule has 0 radical (unpaired) electrons. The van der Waals surface area contributed by atoms with Crippen LogP contribution in [-0.2, 0) is 9.53 Å². The topological polar surface area (TPSA) is 46.5 Å². The quantitative estimate of drug-likeness (QED) is 0.364. The zero-order valence-electron chi connectivity index (χ0n) is 5.13. The number of carbonyl (C=O) groups excluding carboxylic acids is 1. The predicted octanol–water partition coefficient (Wildman–Crippen LogP) is -0.151. The van der Waals surface area contributed by atoms with E-state index in [-0.39, 0.29) is 5.57 Å². The number of ether oxygens (including phenoxy) is 1. The van der Waals surface area contributed by atoms with Crippen molar-refractivity contribution in [1.82, 2.24) is 0 Å². The van der Waals surface area contributed by atoms with E-state index in [1.807, 2.05) is 0 Å². The Bertz CT molecular complexity index is 162. The average molecular weight is 128 g/mol. The summed E-state index contributed by atoms with van der Waals surface area (Å²) in [7, 11) is 0. The van der Waals surface area contributed by atoms with Crippen molar-refractivity contribution in [2.45, 2.75) is 19.1 Å². The Morgan fingerprint density at radius 3 is 2.44 bits per heavy atom. The molecule has 1 rings (SSSR count). The van der Waals surface area contributed by atoms with Gasteiger partial charge in [0, 0.05) is 0 Å². The van der Waals surface area contributed by atoms with E-state index in [2.05, 4.69) is 11.3 Å². The van der Waals surface area contributed by atoms with Gasteiger partial charge in [0.2, 0.25) is 0 Å². The van der Waals surface area contributed by atoms with E-state index in [4.69, 9.17) is 5.11 Å². The van der Waals surface area contributed by atoms with Gasteiger partial charge in [-0.1, -0.05) is 6.58 Å². The number of rotatable bonds is 0. The summed E-state index contributed by atoms with van der Waals surface area (Å²) in [5.41, 5.74) is 0.155. The van der Waals surface area contributed by atoms with Gasteiger partial charge in [0.05, 0.1) is 5.57 Å². The van der Waals surface area contributed by atoms with Gasteiger partial charge in [0.25, 0.3) is 0 Å². The Labute approximate surface area is 52.9 Å². The lowest BCUT2D eigenvalue weighted by Crippen LogP contribution is -2.16. The molecule has 0 aromatic carbocycles. The van der Waals surface area contributed by atoms with Crippen molar-refractivity contribution in [1.29, 1.82) is 0 Å². The van der Waals surface area contributed by atoms with Crippen LogP contribution in [0.15, 0.2) is 12.2 Å². The van der Waals surface area contributed by atoms with Crippen molar-refractivity contribution in [3.05, 3.63) is 12.2 Å². The molecule has 1 aliphatic rings. The van der Waals surface area contributed by atoms with Crippen LogP contribution in [-0.4, -0.2) is 23.3 Å². The van der Waals surface area contributed by atoms with Crippen molar-refractivity contribution < 1.29 is 14.6 Å². The molecule has 1 fully saturated rings. The third-order valence-corrected chi connectivity index (χ3v) is 1.36.